The van der Waals surface area contributed by atoms with E-state index < -0.39 is 5.97 Å². The molecular weight excluding hydrogens is 240 g/mol. The molecular formula is C15H18N2O2. The van der Waals surface area contributed by atoms with Gasteiger partial charge in [0.05, 0.1) is 17.6 Å². The van der Waals surface area contributed by atoms with Gasteiger partial charge >= 0.3 is 5.97 Å². The Balaban J connectivity index is 1.96. The SMILES string of the molecule is N#Cc1cccc(CN[C@@H]2CCCC[C@H]2C(=O)O)c1. The van der Waals surface area contributed by atoms with Crippen LogP contribution < -0.4 is 5.32 Å². The molecule has 2 N–H and O–H groups in total. The van der Waals surface area contributed by atoms with E-state index in [2.05, 4.69) is 11.4 Å². The number of nitrogens with one attached hydrogen (secondary N) is 1. The molecule has 1 aliphatic carbocycles. The first-order valence-corrected chi connectivity index (χ1v) is 6.66. The van der Waals surface area contributed by atoms with Crippen LogP contribution in [-0.2, 0) is 11.3 Å². The van der Waals surface area contributed by atoms with Crippen molar-refractivity contribution in [2.45, 2.75) is 38.3 Å². The van der Waals surface area contributed by atoms with Gasteiger partial charge in [0.1, 0.15) is 0 Å². The minimum absolute atomic E-state index is 0.0389. The van der Waals surface area contributed by atoms with E-state index in [4.69, 9.17) is 5.26 Å². The maximum absolute atomic E-state index is 11.2. The van der Waals surface area contributed by atoms with Crippen molar-refractivity contribution in [3.05, 3.63) is 35.4 Å². The van der Waals surface area contributed by atoms with Gasteiger partial charge in [-0.05, 0) is 30.5 Å². The number of nitrogens with zero attached hydrogens (tertiary/aromatic N) is 1. The second-order valence-corrected chi connectivity index (χ2v) is 5.03. The Labute approximate surface area is 113 Å². The van der Waals surface area contributed by atoms with Crippen LogP contribution in [-0.4, -0.2) is 17.1 Å². The maximum atomic E-state index is 11.2. The van der Waals surface area contributed by atoms with E-state index in [1.807, 2.05) is 18.2 Å². The Hall–Kier alpha value is -1.86. The fraction of sp³-hybridized carbons (Fsp3) is 0.467. The number of hydrogen-bond donors (Lipinski definition) is 2. The lowest BCUT2D eigenvalue weighted by molar-refractivity contribution is -0.143. The minimum Gasteiger partial charge on any atom is -0.481 e. The summed E-state index contributed by atoms with van der Waals surface area (Å²) in [5.41, 5.74) is 1.66. The van der Waals surface area contributed by atoms with E-state index in [1.165, 1.54) is 0 Å². The summed E-state index contributed by atoms with van der Waals surface area (Å²) in [4.78, 5) is 11.2. The zero-order chi connectivity index (χ0) is 13.7. The smallest absolute Gasteiger partial charge is 0.308 e. The third-order valence-corrected chi connectivity index (χ3v) is 3.71. The lowest BCUT2D eigenvalue weighted by atomic mass is 9.84. The fourth-order valence-electron chi connectivity index (χ4n) is 2.67. The average Bonchev–Trinajstić information content (AvgIpc) is 2.45. The number of benzene rings is 1. The van der Waals surface area contributed by atoms with E-state index in [0.717, 1.165) is 31.2 Å². The predicted molar refractivity (Wildman–Crippen MR) is 71.4 cm³/mol. The van der Waals surface area contributed by atoms with Gasteiger partial charge in [-0.25, -0.2) is 0 Å². The highest BCUT2D eigenvalue weighted by atomic mass is 16.4. The van der Waals surface area contributed by atoms with Gasteiger partial charge in [0.25, 0.3) is 0 Å². The van der Waals surface area contributed by atoms with Crippen LogP contribution in [0.25, 0.3) is 0 Å². The van der Waals surface area contributed by atoms with Crippen LogP contribution in [0.2, 0.25) is 0 Å². The molecule has 1 aromatic rings. The monoisotopic (exact) mass is 258 g/mol. The van der Waals surface area contributed by atoms with Crippen molar-refractivity contribution >= 4 is 5.97 Å². The number of carboxylic acids is 1. The van der Waals surface area contributed by atoms with Crippen molar-refractivity contribution in [2.75, 3.05) is 0 Å². The van der Waals surface area contributed by atoms with E-state index >= 15 is 0 Å². The molecule has 2 rings (SSSR count). The summed E-state index contributed by atoms with van der Waals surface area (Å²) in [6.45, 7) is 0.615. The Morgan fingerprint density at radius 2 is 2.21 bits per heavy atom. The Morgan fingerprint density at radius 1 is 1.42 bits per heavy atom. The molecule has 0 aliphatic heterocycles. The number of nitriles is 1. The molecule has 0 bridgehead atoms. The molecule has 2 atom stereocenters. The van der Waals surface area contributed by atoms with Gasteiger partial charge in [0.2, 0.25) is 0 Å². The second kappa shape index (κ2) is 6.35. The Morgan fingerprint density at radius 3 is 2.95 bits per heavy atom. The van der Waals surface area contributed by atoms with Crippen molar-refractivity contribution in [1.82, 2.24) is 5.32 Å². The fourth-order valence-corrected chi connectivity index (χ4v) is 2.67. The van der Waals surface area contributed by atoms with Crippen molar-refractivity contribution in [3.63, 3.8) is 0 Å². The first-order chi connectivity index (χ1) is 9.20. The van der Waals surface area contributed by atoms with E-state index in [-0.39, 0.29) is 12.0 Å². The van der Waals surface area contributed by atoms with Crippen LogP contribution in [0, 0.1) is 17.2 Å². The summed E-state index contributed by atoms with van der Waals surface area (Å²) in [6.07, 6.45) is 3.75. The van der Waals surface area contributed by atoms with E-state index in [0.29, 0.717) is 12.1 Å². The molecule has 0 unspecified atom stereocenters. The largest absolute Gasteiger partial charge is 0.481 e. The highest BCUT2D eigenvalue weighted by Gasteiger charge is 2.30. The molecule has 1 aliphatic rings. The number of rotatable bonds is 4. The average molecular weight is 258 g/mol. The molecule has 1 fully saturated rings. The Kier molecular flexibility index (Phi) is 4.53. The van der Waals surface area contributed by atoms with Crippen LogP contribution in [0.15, 0.2) is 24.3 Å². The molecule has 0 heterocycles. The van der Waals surface area contributed by atoms with Crippen molar-refractivity contribution in [1.29, 1.82) is 5.26 Å². The van der Waals surface area contributed by atoms with Crippen LogP contribution in [0.4, 0.5) is 0 Å². The van der Waals surface area contributed by atoms with Gasteiger partial charge in [-0.1, -0.05) is 25.0 Å². The van der Waals surface area contributed by atoms with Crippen LogP contribution in [0.1, 0.15) is 36.8 Å². The summed E-state index contributed by atoms with van der Waals surface area (Å²) >= 11 is 0. The maximum Gasteiger partial charge on any atom is 0.308 e. The van der Waals surface area contributed by atoms with Crippen molar-refractivity contribution in [3.8, 4) is 6.07 Å². The molecule has 1 aromatic carbocycles. The van der Waals surface area contributed by atoms with E-state index in [1.54, 1.807) is 6.07 Å². The third kappa shape index (κ3) is 3.55. The first-order valence-electron chi connectivity index (χ1n) is 6.66. The van der Waals surface area contributed by atoms with Gasteiger partial charge in [-0.15, -0.1) is 0 Å². The highest BCUT2D eigenvalue weighted by Crippen LogP contribution is 2.25. The highest BCUT2D eigenvalue weighted by molar-refractivity contribution is 5.71. The van der Waals surface area contributed by atoms with Crippen LogP contribution >= 0.6 is 0 Å². The zero-order valence-electron chi connectivity index (χ0n) is 10.8. The summed E-state index contributed by atoms with van der Waals surface area (Å²) in [7, 11) is 0. The molecule has 0 aromatic heterocycles. The zero-order valence-corrected chi connectivity index (χ0v) is 10.8. The molecule has 0 amide bonds. The number of hydrogen-bond acceptors (Lipinski definition) is 3. The van der Waals surface area contributed by atoms with Gasteiger partial charge in [0.15, 0.2) is 0 Å². The van der Waals surface area contributed by atoms with Gasteiger partial charge in [0, 0.05) is 12.6 Å². The molecule has 4 nitrogen and oxygen atoms in total. The standard InChI is InChI=1S/C15H18N2O2/c16-9-11-4-3-5-12(8-11)10-17-14-7-2-1-6-13(14)15(18)19/h3-5,8,13-14,17H,1-2,6-7,10H2,(H,18,19)/t13-,14-/m1/s1. The topological polar surface area (TPSA) is 73.1 Å². The summed E-state index contributed by atoms with van der Waals surface area (Å²) in [5.74, 6) is -0.990. The minimum atomic E-state index is -0.706. The molecule has 100 valence electrons. The number of carbonyl (C=O) groups is 1. The first kappa shape index (κ1) is 13.6. The molecule has 4 heteroatoms. The molecule has 19 heavy (non-hydrogen) atoms. The molecule has 1 saturated carbocycles. The lowest BCUT2D eigenvalue weighted by Crippen LogP contribution is -2.41. The third-order valence-electron chi connectivity index (χ3n) is 3.71. The van der Waals surface area contributed by atoms with Gasteiger partial charge < -0.3 is 10.4 Å². The van der Waals surface area contributed by atoms with Crippen LogP contribution in [0.5, 0.6) is 0 Å². The van der Waals surface area contributed by atoms with E-state index in [9.17, 15) is 9.90 Å². The normalized spacial score (nSPS) is 22.7. The Bertz CT molecular complexity index is 493. The quantitative estimate of drug-likeness (QED) is 0.869. The molecule has 0 radical (unpaired) electrons. The number of aliphatic carboxylic acids is 1. The van der Waals surface area contributed by atoms with Gasteiger partial charge in [-0.3, -0.25) is 4.79 Å². The summed E-state index contributed by atoms with van der Waals surface area (Å²) in [6, 6.07) is 9.56. The van der Waals surface area contributed by atoms with Crippen molar-refractivity contribution < 1.29 is 9.90 Å². The van der Waals surface area contributed by atoms with Crippen LogP contribution in [0.3, 0.4) is 0 Å². The summed E-state index contributed by atoms with van der Waals surface area (Å²) in [5, 5.41) is 21.4. The molecule has 0 saturated heterocycles. The molecule has 0 spiro atoms. The number of carboxylic acid groups (broad SMARTS) is 1. The second-order valence-electron chi connectivity index (χ2n) is 5.03. The summed E-state index contributed by atoms with van der Waals surface area (Å²) < 4.78 is 0. The van der Waals surface area contributed by atoms with Gasteiger partial charge in [-0.2, -0.15) is 5.26 Å². The lowest BCUT2D eigenvalue weighted by Gasteiger charge is -2.29. The predicted octanol–water partition coefficient (Wildman–Crippen LogP) is 2.29. The van der Waals surface area contributed by atoms with Crippen molar-refractivity contribution in [2.24, 2.45) is 5.92 Å².